The zero-order chi connectivity index (χ0) is 23.1. The lowest BCUT2D eigenvalue weighted by Gasteiger charge is -2.22. The van der Waals surface area contributed by atoms with E-state index in [-0.39, 0.29) is 27.6 Å². The number of rotatable bonds is 6. The summed E-state index contributed by atoms with van der Waals surface area (Å²) in [5, 5.41) is 27.0. The van der Waals surface area contributed by atoms with Crippen molar-refractivity contribution < 1.29 is 33.5 Å². The van der Waals surface area contributed by atoms with Crippen LogP contribution in [0.25, 0.3) is 11.3 Å². The van der Waals surface area contributed by atoms with Crippen LogP contribution in [0.3, 0.4) is 0 Å². The van der Waals surface area contributed by atoms with Gasteiger partial charge in [0.05, 0.1) is 16.0 Å². The van der Waals surface area contributed by atoms with Crippen molar-refractivity contribution >= 4 is 41.2 Å². The minimum Gasteiger partial charge on any atom is -0.480 e. The number of aromatic nitrogens is 1. The van der Waals surface area contributed by atoms with E-state index in [0.29, 0.717) is 0 Å². The first kappa shape index (κ1) is 23.0. The fourth-order valence-corrected chi connectivity index (χ4v) is 5.08. The van der Waals surface area contributed by atoms with Gasteiger partial charge in [0.1, 0.15) is 28.9 Å². The molecule has 4 N–H and O–H groups in total. The third kappa shape index (κ3) is 4.39. The van der Waals surface area contributed by atoms with Crippen molar-refractivity contribution in [3.05, 3.63) is 40.4 Å². The molecular weight excluding hydrogens is 453 g/mol. The second kappa shape index (κ2) is 8.48. The molecule has 0 aliphatic carbocycles. The fourth-order valence-electron chi connectivity index (χ4n) is 3.34. The van der Waals surface area contributed by atoms with E-state index >= 15 is 0 Å². The van der Waals surface area contributed by atoms with E-state index in [4.69, 9.17) is 16.1 Å². The first-order chi connectivity index (χ1) is 14.4. The third-order valence-electron chi connectivity index (χ3n) is 4.85. The molecule has 1 amide bonds. The minimum atomic E-state index is -1.49. The van der Waals surface area contributed by atoms with Crippen LogP contribution in [0.1, 0.15) is 30.0 Å². The van der Waals surface area contributed by atoms with E-state index in [0.717, 1.165) is 17.8 Å². The molecule has 31 heavy (non-hydrogen) atoms. The smallest absolute Gasteiger partial charge is 0.328 e. The molecule has 0 unspecified atom stereocenters. The quantitative estimate of drug-likeness (QED) is 0.499. The van der Waals surface area contributed by atoms with Crippen molar-refractivity contribution in [3.8, 4) is 11.3 Å². The van der Waals surface area contributed by atoms with Crippen LogP contribution < -0.4 is 10.6 Å². The van der Waals surface area contributed by atoms with Crippen molar-refractivity contribution in [2.75, 3.05) is 0 Å². The van der Waals surface area contributed by atoms with Crippen LogP contribution >= 0.6 is 23.4 Å². The molecule has 1 aromatic heterocycles. The van der Waals surface area contributed by atoms with Gasteiger partial charge in [-0.2, -0.15) is 0 Å². The van der Waals surface area contributed by atoms with Gasteiger partial charge in [0.15, 0.2) is 6.04 Å². The van der Waals surface area contributed by atoms with Gasteiger partial charge in [-0.1, -0.05) is 22.8 Å². The van der Waals surface area contributed by atoms with E-state index < -0.39 is 45.9 Å². The molecule has 1 aromatic carbocycles. The van der Waals surface area contributed by atoms with Gasteiger partial charge in [0.2, 0.25) is 0 Å². The lowest BCUT2D eigenvalue weighted by atomic mass is 10.0. The highest BCUT2D eigenvalue weighted by Gasteiger charge is 2.49. The van der Waals surface area contributed by atoms with Gasteiger partial charge in [0.25, 0.3) is 5.91 Å². The molecule has 1 saturated heterocycles. The molecule has 0 saturated carbocycles. The summed E-state index contributed by atoms with van der Waals surface area (Å²) in [5.74, 6) is -4.09. The van der Waals surface area contributed by atoms with Gasteiger partial charge < -0.3 is 20.1 Å². The van der Waals surface area contributed by atoms with Crippen molar-refractivity contribution in [2.24, 2.45) is 0 Å². The second-order valence-corrected chi connectivity index (χ2v) is 9.63. The Kier molecular flexibility index (Phi) is 6.30. The molecule has 0 radical (unpaired) electrons. The summed E-state index contributed by atoms with van der Waals surface area (Å²) < 4.78 is 18.6. The molecule has 12 heteroatoms. The number of nitrogens with zero attached hydrogens (tertiary/aromatic N) is 1. The SMILES string of the molecule is Cc1onc(-c2c(F)cccc2Cl)c1C(=O)N[C@@H](C(=O)O)[C@@H]1N[C@@H](C(=O)O)C(C)(C)S1. The number of thioether (sulfide) groups is 1. The fraction of sp³-hybridized carbons (Fsp3) is 0.368. The highest BCUT2D eigenvalue weighted by Crippen LogP contribution is 2.39. The monoisotopic (exact) mass is 471 g/mol. The van der Waals surface area contributed by atoms with Crippen LogP contribution in [0.5, 0.6) is 0 Å². The van der Waals surface area contributed by atoms with Crippen molar-refractivity contribution in [3.63, 3.8) is 0 Å². The molecule has 1 fully saturated rings. The van der Waals surface area contributed by atoms with Crippen LogP contribution in [0.2, 0.25) is 5.02 Å². The van der Waals surface area contributed by atoms with Crippen LogP contribution in [0, 0.1) is 12.7 Å². The molecule has 3 atom stereocenters. The van der Waals surface area contributed by atoms with Gasteiger partial charge in [-0.15, -0.1) is 11.8 Å². The topological polar surface area (TPSA) is 142 Å². The summed E-state index contributed by atoms with van der Waals surface area (Å²) >= 11 is 7.15. The maximum absolute atomic E-state index is 14.4. The predicted molar refractivity (Wildman–Crippen MR) is 111 cm³/mol. The number of benzene rings is 1. The Bertz CT molecular complexity index is 1040. The summed E-state index contributed by atoms with van der Waals surface area (Å²) in [6, 6.07) is 1.43. The molecule has 1 aliphatic rings. The minimum absolute atomic E-state index is 0.00352. The van der Waals surface area contributed by atoms with Crippen molar-refractivity contribution in [2.45, 2.75) is 43.0 Å². The molecule has 3 rings (SSSR count). The van der Waals surface area contributed by atoms with Crippen LogP contribution in [0.4, 0.5) is 4.39 Å². The Hall–Kier alpha value is -2.63. The molecule has 9 nitrogen and oxygen atoms in total. The maximum atomic E-state index is 14.4. The number of nitrogens with one attached hydrogen (secondary N) is 2. The Balaban J connectivity index is 1.93. The summed E-state index contributed by atoms with van der Waals surface area (Å²) in [6.07, 6.45) is 0. The summed E-state index contributed by atoms with van der Waals surface area (Å²) in [5.41, 5.74) is -0.494. The number of hydrogen-bond acceptors (Lipinski definition) is 7. The zero-order valence-corrected chi connectivity index (χ0v) is 18.2. The number of carbonyl (C=O) groups excluding carboxylic acids is 1. The average molecular weight is 472 g/mol. The number of amides is 1. The van der Waals surface area contributed by atoms with Gasteiger partial charge >= 0.3 is 11.9 Å². The Morgan fingerprint density at radius 1 is 1.35 bits per heavy atom. The highest BCUT2D eigenvalue weighted by atomic mass is 35.5. The second-order valence-electron chi connectivity index (χ2n) is 7.43. The Morgan fingerprint density at radius 2 is 2.03 bits per heavy atom. The number of halogens is 2. The first-order valence-corrected chi connectivity index (χ1v) is 10.3. The third-order valence-corrected chi connectivity index (χ3v) is 6.67. The zero-order valence-electron chi connectivity index (χ0n) is 16.6. The molecule has 166 valence electrons. The molecule has 0 spiro atoms. The highest BCUT2D eigenvalue weighted by molar-refractivity contribution is 8.01. The lowest BCUT2D eigenvalue weighted by molar-refractivity contribution is -0.142. The van der Waals surface area contributed by atoms with Gasteiger partial charge in [-0.3, -0.25) is 14.9 Å². The number of carboxylic acids is 2. The predicted octanol–water partition coefficient (Wildman–Crippen LogP) is 2.52. The lowest BCUT2D eigenvalue weighted by Crippen LogP contribution is -2.54. The Labute approximate surface area is 185 Å². The number of aliphatic carboxylic acids is 2. The summed E-state index contributed by atoms with van der Waals surface area (Å²) in [6.45, 7) is 4.74. The number of carboxylic acid groups (broad SMARTS) is 2. The molecule has 2 heterocycles. The molecular formula is C19H19ClFN3O6S. The average Bonchev–Trinajstić information content (AvgIpc) is 3.18. The van der Waals surface area contributed by atoms with Crippen molar-refractivity contribution in [1.82, 2.24) is 15.8 Å². The number of carbonyl (C=O) groups is 3. The first-order valence-electron chi connectivity index (χ1n) is 9.05. The normalized spacial score (nSPS) is 20.9. The van der Waals surface area contributed by atoms with Gasteiger partial charge in [-0.05, 0) is 32.9 Å². The van der Waals surface area contributed by atoms with Gasteiger partial charge in [-0.25, -0.2) is 9.18 Å². The maximum Gasteiger partial charge on any atom is 0.328 e. The molecule has 0 bridgehead atoms. The van der Waals surface area contributed by atoms with Crippen LogP contribution in [-0.2, 0) is 9.59 Å². The van der Waals surface area contributed by atoms with Crippen LogP contribution in [0.15, 0.2) is 22.7 Å². The molecule has 2 aromatic rings. The van der Waals surface area contributed by atoms with Crippen LogP contribution in [-0.4, -0.2) is 55.4 Å². The number of hydrogen-bond donors (Lipinski definition) is 4. The van der Waals surface area contributed by atoms with E-state index in [2.05, 4.69) is 15.8 Å². The van der Waals surface area contributed by atoms with E-state index in [1.807, 2.05) is 0 Å². The standard InChI is InChI=1S/C19H19ClFN3O6S/c1-7-10(12(24-30-7)11-8(20)5-4-6-9(11)21)15(25)22-13(17(26)27)16-23-14(18(28)29)19(2,3)31-16/h4-6,13-14,16,23H,1-3H3,(H,22,25)(H,26,27)(H,28,29)/t13-,14+,16-/m1/s1. The largest absolute Gasteiger partial charge is 0.480 e. The van der Waals surface area contributed by atoms with E-state index in [1.165, 1.54) is 19.1 Å². The number of aryl methyl sites for hydroxylation is 1. The summed E-state index contributed by atoms with van der Waals surface area (Å²) in [4.78, 5) is 36.4. The van der Waals surface area contributed by atoms with Crippen molar-refractivity contribution in [1.29, 1.82) is 0 Å². The molecule has 1 aliphatic heterocycles. The van der Waals surface area contributed by atoms with E-state index in [9.17, 15) is 29.0 Å². The summed E-state index contributed by atoms with van der Waals surface area (Å²) in [7, 11) is 0. The van der Waals surface area contributed by atoms with Gasteiger partial charge in [0, 0.05) is 4.75 Å². The Morgan fingerprint density at radius 3 is 2.58 bits per heavy atom. The van der Waals surface area contributed by atoms with E-state index in [1.54, 1.807) is 13.8 Å².